The summed E-state index contributed by atoms with van der Waals surface area (Å²) in [7, 11) is 0. The van der Waals surface area contributed by atoms with Gasteiger partial charge in [0.05, 0.1) is 17.0 Å². The first-order valence-electron chi connectivity index (χ1n) is 20.5. The molecule has 55 heavy (non-hydrogen) atoms. The maximum Gasteiger partial charge on any atom is 0.704 e. The first-order valence-corrected chi connectivity index (χ1v) is 20.5. The number of benzene rings is 3. The zero-order chi connectivity index (χ0) is 38.7. The number of fused-ring (bicyclic) bond motifs is 7. The van der Waals surface area contributed by atoms with Gasteiger partial charge in [-0.05, 0) is 102 Å². The Balaban J connectivity index is 1.08. The summed E-state index contributed by atoms with van der Waals surface area (Å²) in [4.78, 5) is 12.9. The van der Waals surface area contributed by atoms with Gasteiger partial charge in [-0.25, -0.2) is 0 Å². The Morgan fingerprint density at radius 2 is 1.29 bits per heavy atom. The number of esters is 1. The number of carbonyl (C=O) groups excluding carboxylic acids is 1. The molecule has 6 nitrogen and oxygen atoms in total. The molecular weight excluding hydrogens is 681 g/mol. The summed E-state index contributed by atoms with van der Waals surface area (Å²) in [6.07, 6.45) is 15.6. The van der Waals surface area contributed by atoms with Crippen molar-refractivity contribution in [3.63, 3.8) is 0 Å². The van der Waals surface area contributed by atoms with Crippen molar-refractivity contribution in [3.05, 3.63) is 99.6 Å². The highest BCUT2D eigenvalue weighted by atomic mass is 16.7. The molecule has 3 aromatic carbocycles. The molecule has 3 fully saturated rings. The molecule has 3 aromatic rings. The molecule has 5 unspecified atom stereocenters. The van der Waals surface area contributed by atoms with Gasteiger partial charge >= 0.3 is 12.0 Å². The average Bonchev–Trinajstić information content (AvgIpc) is 3.83. The van der Waals surface area contributed by atoms with Crippen molar-refractivity contribution in [2.75, 3.05) is 0 Å². The van der Waals surface area contributed by atoms with E-state index in [1.54, 1.807) is 0 Å². The van der Waals surface area contributed by atoms with E-state index in [0.717, 1.165) is 65.0 Å². The number of hydrogen-bond donors (Lipinski definition) is 0. The molecule has 9 rings (SSSR count). The quantitative estimate of drug-likeness (QED) is 0.0866. The predicted molar refractivity (Wildman–Crippen MR) is 217 cm³/mol. The van der Waals surface area contributed by atoms with Crippen LogP contribution in [0.1, 0.15) is 140 Å². The maximum atomic E-state index is 12.9. The molecule has 1 spiro atoms. The fraction of sp³-hybridized carbons (Fsp3) is 0.490. The monoisotopic (exact) mass is 736 g/mol. The van der Waals surface area contributed by atoms with Crippen LogP contribution in [0, 0.1) is 29.6 Å². The number of nitrogens with zero attached hydrogens (tertiary/aromatic N) is 2. The van der Waals surface area contributed by atoms with Gasteiger partial charge in [-0.3, -0.25) is 4.79 Å². The van der Waals surface area contributed by atoms with E-state index < -0.39 is 6.03 Å². The molecule has 2 saturated carbocycles. The van der Waals surface area contributed by atoms with Crippen LogP contribution in [-0.2, 0) is 21.0 Å². The molecule has 3 aliphatic heterocycles. The standard InChI is InChI=1S/C49H56N2O4/c1-46(2,3)36-26-35-29-51-42-13-11-10-12-41(42)50-28-34-23-32(15-14-30-17-20-37(21-18-30)53-45(52)38-24-31-16-19-33(38)22-31)25-39(47(4,5)6)43(34)54-49(50,51)55-44(35)40(27-36)48(7,8)9/h16-21,23,25-29,31,33,38,41-42H,10-13,22,24H2,1-9H3/q+2/t31?,33?,38?,41?,42-,49?/m1/s1. The Morgan fingerprint density at radius 1 is 0.709 bits per heavy atom. The molecule has 0 N–H and O–H groups in total. The number of carbonyl (C=O) groups is 1. The van der Waals surface area contributed by atoms with Gasteiger partial charge in [0.15, 0.2) is 23.9 Å². The lowest BCUT2D eigenvalue weighted by Gasteiger charge is -2.34. The lowest BCUT2D eigenvalue weighted by molar-refractivity contribution is -0.866. The van der Waals surface area contributed by atoms with E-state index >= 15 is 0 Å². The summed E-state index contributed by atoms with van der Waals surface area (Å²) in [6.45, 7) is 20.4. The minimum Gasteiger partial charge on any atom is -0.426 e. The number of hydrogen-bond acceptors (Lipinski definition) is 4. The van der Waals surface area contributed by atoms with Crippen LogP contribution in [0.15, 0.2) is 60.7 Å². The van der Waals surface area contributed by atoms with Gasteiger partial charge in [-0.1, -0.05) is 102 Å². The van der Waals surface area contributed by atoms with Crippen LogP contribution in [0.25, 0.3) is 0 Å². The summed E-state index contributed by atoms with van der Waals surface area (Å²) in [5.74, 6) is 9.90. The molecule has 0 aromatic heterocycles. The summed E-state index contributed by atoms with van der Waals surface area (Å²) in [5.41, 5.74) is 7.23. The van der Waals surface area contributed by atoms with Gasteiger partial charge in [0, 0.05) is 35.1 Å². The highest BCUT2D eigenvalue weighted by Gasteiger charge is 2.77. The summed E-state index contributed by atoms with van der Waals surface area (Å²) in [6, 6.07) is 16.0. The Kier molecular flexibility index (Phi) is 8.15. The molecular formula is C49H56N2O4+2. The Labute approximate surface area is 327 Å². The first kappa shape index (κ1) is 36.0. The fourth-order valence-corrected chi connectivity index (χ4v) is 9.78. The highest BCUT2D eigenvalue weighted by Crippen LogP contribution is 2.50. The van der Waals surface area contributed by atoms with Gasteiger partial charge in [0.1, 0.15) is 5.75 Å². The fourth-order valence-electron chi connectivity index (χ4n) is 9.78. The van der Waals surface area contributed by atoms with Crippen molar-refractivity contribution in [2.24, 2.45) is 17.8 Å². The topological polar surface area (TPSA) is 50.8 Å². The third-order valence-electron chi connectivity index (χ3n) is 12.8. The summed E-state index contributed by atoms with van der Waals surface area (Å²) in [5, 5.41) is 0. The number of ether oxygens (including phenoxy) is 3. The largest absolute Gasteiger partial charge is 0.704 e. The maximum absolute atomic E-state index is 12.9. The molecule has 6 heteroatoms. The molecule has 2 bridgehead atoms. The molecule has 284 valence electrons. The second kappa shape index (κ2) is 12.4. The number of allylic oxidation sites excluding steroid dienone is 2. The molecule has 0 radical (unpaired) electrons. The zero-order valence-electron chi connectivity index (χ0n) is 34.1. The lowest BCUT2D eigenvalue weighted by Crippen LogP contribution is -2.60. The van der Waals surface area contributed by atoms with Crippen LogP contribution < -0.4 is 14.2 Å². The lowest BCUT2D eigenvalue weighted by atomic mass is 9.79. The normalized spacial score (nSPS) is 27.2. The van der Waals surface area contributed by atoms with E-state index in [2.05, 4.69) is 132 Å². The molecule has 0 amide bonds. The van der Waals surface area contributed by atoms with Crippen molar-refractivity contribution in [1.29, 1.82) is 0 Å². The van der Waals surface area contributed by atoms with Gasteiger partial charge in [0.2, 0.25) is 12.1 Å². The first-order chi connectivity index (χ1) is 26.0. The van der Waals surface area contributed by atoms with Crippen LogP contribution in [0.4, 0.5) is 0 Å². The van der Waals surface area contributed by atoms with Crippen LogP contribution in [0.3, 0.4) is 0 Å². The van der Waals surface area contributed by atoms with E-state index in [1.165, 1.54) is 24.0 Å². The van der Waals surface area contributed by atoms with Crippen LogP contribution in [-0.4, -0.2) is 45.7 Å². The summed E-state index contributed by atoms with van der Waals surface area (Å²) >= 11 is 0. The zero-order valence-corrected chi connectivity index (χ0v) is 34.1. The molecule has 1 saturated heterocycles. The van der Waals surface area contributed by atoms with Crippen molar-refractivity contribution >= 4 is 18.4 Å². The van der Waals surface area contributed by atoms with E-state index in [1.807, 2.05) is 24.3 Å². The second-order valence-corrected chi connectivity index (χ2v) is 20.0. The van der Waals surface area contributed by atoms with Crippen molar-refractivity contribution in [3.8, 4) is 29.1 Å². The summed E-state index contributed by atoms with van der Waals surface area (Å²) < 4.78 is 25.4. The Bertz CT molecular complexity index is 2260. The Hall–Kier alpha value is -4.63. The molecule has 3 heterocycles. The molecule has 3 aliphatic carbocycles. The minimum atomic E-state index is -1.12. The third kappa shape index (κ3) is 6.14. The van der Waals surface area contributed by atoms with Crippen molar-refractivity contribution in [2.45, 2.75) is 135 Å². The Morgan fingerprint density at radius 3 is 1.84 bits per heavy atom. The second-order valence-electron chi connectivity index (χ2n) is 20.0. The minimum absolute atomic E-state index is 0.00347. The molecule has 6 atom stereocenters. The average molecular weight is 737 g/mol. The van der Waals surface area contributed by atoms with Crippen LogP contribution >= 0.6 is 0 Å². The third-order valence-corrected chi connectivity index (χ3v) is 12.8. The van der Waals surface area contributed by atoms with Crippen LogP contribution in [0.2, 0.25) is 0 Å². The van der Waals surface area contributed by atoms with Gasteiger partial charge in [0.25, 0.3) is 0 Å². The highest BCUT2D eigenvalue weighted by molar-refractivity contribution is 5.85. The van der Waals surface area contributed by atoms with E-state index in [-0.39, 0.29) is 40.2 Å². The van der Waals surface area contributed by atoms with Gasteiger partial charge in [-0.2, -0.15) is 0 Å². The smallest absolute Gasteiger partial charge is 0.426 e. The molecule has 6 aliphatic rings. The van der Waals surface area contributed by atoms with E-state index in [0.29, 0.717) is 17.6 Å². The van der Waals surface area contributed by atoms with Crippen molar-refractivity contribution in [1.82, 2.24) is 0 Å². The van der Waals surface area contributed by atoms with Crippen LogP contribution in [0.5, 0.6) is 17.2 Å². The predicted octanol–water partition coefficient (Wildman–Crippen LogP) is 9.38. The van der Waals surface area contributed by atoms with Gasteiger partial charge in [-0.15, -0.1) is 0 Å². The van der Waals surface area contributed by atoms with Gasteiger partial charge < -0.3 is 14.2 Å². The number of rotatable bonds is 2. The van der Waals surface area contributed by atoms with E-state index in [4.69, 9.17) is 14.2 Å². The SMILES string of the molecule is CC(C)(C)c1cc2c(c(C(C)(C)C)c1)OC13Oc4c(cc(C#Cc5ccc(OC(=O)C6CC7C=CC6C7)cc5)cc4C(C)(C)C)C=[N+]1C1CCCC[C@H]1[N+]3=C2. The van der Waals surface area contributed by atoms with Crippen molar-refractivity contribution < 1.29 is 28.2 Å². The van der Waals surface area contributed by atoms with E-state index in [9.17, 15) is 4.79 Å².